The van der Waals surface area contributed by atoms with Gasteiger partial charge in [0.05, 0.1) is 25.7 Å². The number of nitrogen functional groups attached to an aromatic ring is 1. The van der Waals surface area contributed by atoms with Crippen LogP contribution in [0, 0.1) is 11.3 Å². The van der Waals surface area contributed by atoms with E-state index in [0.717, 1.165) is 0 Å². The monoisotopic (exact) mass is 375 g/mol. The lowest BCUT2D eigenvalue weighted by atomic mass is 9.95. The van der Waals surface area contributed by atoms with E-state index in [2.05, 4.69) is 4.98 Å². The number of hydrogen-bond acceptors (Lipinski definition) is 6. The van der Waals surface area contributed by atoms with Gasteiger partial charge >= 0.3 is 5.97 Å². The maximum atomic E-state index is 11.0. The van der Waals surface area contributed by atoms with Crippen LogP contribution in [-0.2, 0) is 4.79 Å². The molecular weight excluding hydrogens is 358 g/mol. The fourth-order valence-electron chi connectivity index (χ4n) is 2.63. The third kappa shape index (κ3) is 3.65. The van der Waals surface area contributed by atoms with Gasteiger partial charge in [0.1, 0.15) is 17.5 Å². The number of carboxylic acid groups (broad SMARTS) is 1. The quantitative estimate of drug-likeness (QED) is 0.793. The van der Waals surface area contributed by atoms with Crippen molar-refractivity contribution in [3.8, 4) is 28.7 Å². The molecule has 1 atom stereocenters. The Morgan fingerprint density at radius 3 is 2.62 bits per heavy atom. The number of aliphatic carboxylic acids is 1. The van der Waals surface area contributed by atoms with Gasteiger partial charge in [-0.2, -0.15) is 5.26 Å². The minimum atomic E-state index is -0.951. The number of hydrogen-bond donors (Lipinski definition) is 2. The van der Waals surface area contributed by atoms with Crippen LogP contribution in [0.2, 0.25) is 5.02 Å². The summed E-state index contributed by atoms with van der Waals surface area (Å²) in [6, 6.07) is 7.01. The molecule has 3 N–H and O–H groups in total. The maximum absolute atomic E-state index is 11.0. The van der Waals surface area contributed by atoms with Gasteiger partial charge in [-0.3, -0.25) is 4.79 Å². The Hall–Kier alpha value is -2.98. The fraction of sp³-hybridized carbons (Fsp3) is 0.278. The van der Waals surface area contributed by atoms with Crippen LogP contribution >= 0.6 is 11.6 Å². The molecule has 136 valence electrons. The standard InChI is InChI=1S/C18H18ClN3O4/c1-9(6-15(23)24)13-7-11(12(8-20)18(21)22-13)10-4-5-14(25-2)17(26-3)16(10)19/h4-5,7,9H,6H2,1-3H3,(H2,21,22)(H,23,24). The van der Waals surface area contributed by atoms with Crippen LogP contribution < -0.4 is 15.2 Å². The molecule has 0 spiro atoms. The summed E-state index contributed by atoms with van der Waals surface area (Å²) in [5.74, 6) is -0.552. The number of carboxylic acids is 1. The van der Waals surface area contributed by atoms with E-state index in [1.54, 1.807) is 25.1 Å². The summed E-state index contributed by atoms with van der Waals surface area (Å²) in [5.41, 5.74) is 7.53. The van der Waals surface area contributed by atoms with E-state index in [-0.39, 0.29) is 28.7 Å². The highest BCUT2D eigenvalue weighted by molar-refractivity contribution is 6.35. The van der Waals surface area contributed by atoms with Gasteiger partial charge in [0.2, 0.25) is 0 Å². The summed E-state index contributed by atoms with van der Waals surface area (Å²) in [4.78, 5) is 15.2. The first-order chi connectivity index (χ1) is 12.3. The fourth-order valence-corrected chi connectivity index (χ4v) is 2.97. The molecule has 0 bridgehead atoms. The topological polar surface area (TPSA) is 118 Å². The molecule has 2 aromatic rings. The zero-order valence-electron chi connectivity index (χ0n) is 14.5. The molecule has 0 radical (unpaired) electrons. The van der Waals surface area contributed by atoms with Crippen LogP contribution in [0.3, 0.4) is 0 Å². The van der Waals surface area contributed by atoms with Gasteiger partial charge < -0.3 is 20.3 Å². The van der Waals surface area contributed by atoms with Gasteiger partial charge in [-0.1, -0.05) is 18.5 Å². The Morgan fingerprint density at radius 2 is 2.08 bits per heavy atom. The Labute approximate surface area is 155 Å². The van der Waals surface area contributed by atoms with E-state index < -0.39 is 5.97 Å². The molecule has 0 saturated carbocycles. The summed E-state index contributed by atoms with van der Waals surface area (Å²) in [6.45, 7) is 1.72. The molecule has 8 heteroatoms. The van der Waals surface area contributed by atoms with Crippen molar-refractivity contribution >= 4 is 23.4 Å². The predicted molar refractivity (Wildman–Crippen MR) is 97.6 cm³/mol. The Bertz CT molecular complexity index is 893. The average molecular weight is 376 g/mol. The molecule has 2 rings (SSSR count). The highest BCUT2D eigenvalue weighted by Crippen LogP contribution is 2.43. The first-order valence-electron chi connectivity index (χ1n) is 7.67. The highest BCUT2D eigenvalue weighted by atomic mass is 35.5. The van der Waals surface area contributed by atoms with Crippen molar-refractivity contribution in [2.75, 3.05) is 20.0 Å². The number of aromatic nitrogens is 1. The summed E-state index contributed by atoms with van der Waals surface area (Å²) in [7, 11) is 2.95. The van der Waals surface area contributed by atoms with Crippen LogP contribution in [0.15, 0.2) is 18.2 Å². The minimum Gasteiger partial charge on any atom is -0.493 e. The third-order valence-corrected chi connectivity index (χ3v) is 4.32. The predicted octanol–water partition coefficient (Wildman–Crippen LogP) is 3.45. The van der Waals surface area contributed by atoms with E-state index in [1.807, 2.05) is 6.07 Å². The van der Waals surface area contributed by atoms with E-state index >= 15 is 0 Å². The van der Waals surface area contributed by atoms with Crippen LogP contribution in [0.25, 0.3) is 11.1 Å². The number of carbonyl (C=O) groups is 1. The number of rotatable bonds is 6. The van der Waals surface area contributed by atoms with Crippen molar-refractivity contribution in [3.05, 3.63) is 34.5 Å². The zero-order valence-corrected chi connectivity index (χ0v) is 15.3. The van der Waals surface area contributed by atoms with Crippen molar-refractivity contribution < 1.29 is 19.4 Å². The number of halogens is 1. The second kappa shape index (κ2) is 7.93. The van der Waals surface area contributed by atoms with Gasteiger partial charge in [0.25, 0.3) is 0 Å². The Kier molecular flexibility index (Phi) is 5.90. The van der Waals surface area contributed by atoms with Crippen LogP contribution in [0.1, 0.15) is 30.5 Å². The SMILES string of the molecule is COc1ccc(-c2cc(C(C)CC(=O)O)nc(N)c2C#N)c(Cl)c1OC. The van der Waals surface area contributed by atoms with Crippen LogP contribution in [-0.4, -0.2) is 30.3 Å². The summed E-state index contributed by atoms with van der Waals surface area (Å²) >= 11 is 6.46. The molecule has 1 aromatic carbocycles. The van der Waals surface area contributed by atoms with Gasteiger partial charge in [-0.25, -0.2) is 4.98 Å². The number of nitrogens with zero attached hydrogens (tertiary/aromatic N) is 2. The molecule has 26 heavy (non-hydrogen) atoms. The second-order valence-electron chi connectivity index (χ2n) is 5.63. The van der Waals surface area contributed by atoms with Crippen LogP contribution in [0.5, 0.6) is 11.5 Å². The smallest absolute Gasteiger partial charge is 0.304 e. The zero-order chi connectivity index (χ0) is 19.4. The molecule has 0 fully saturated rings. The Morgan fingerprint density at radius 1 is 1.38 bits per heavy atom. The first kappa shape index (κ1) is 19.3. The number of anilines is 1. The molecule has 0 aliphatic rings. The molecule has 0 aliphatic carbocycles. The molecule has 0 amide bonds. The number of pyridine rings is 1. The molecule has 7 nitrogen and oxygen atoms in total. The van der Waals surface area contributed by atoms with Crippen LogP contribution in [0.4, 0.5) is 5.82 Å². The normalized spacial score (nSPS) is 11.5. The van der Waals surface area contributed by atoms with E-state index in [4.69, 9.17) is 31.9 Å². The molecule has 0 aliphatic heterocycles. The van der Waals surface area contributed by atoms with Gasteiger partial charge in [0.15, 0.2) is 11.5 Å². The molecular formula is C18H18ClN3O4. The van der Waals surface area contributed by atoms with Crippen molar-refractivity contribution in [2.45, 2.75) is 19.3 Å². The van der Waals surface area contributed by atoms with Gasteiger partial charge in [0, 0.05) is 22.7 Å². The van der Waals surface area contributed by atoms with Gasteiger partial charge in [-0.05, 0) is 18.2 Å². The number of benzene rings is 1. The number of ether oxygens (including phenoxy) is 2. The molecule has 1 aromatic heterocycles. The van der Waals surface area contributed by atoms with Crippen molar-refractivity contribution in [2.24, 2.45) is 0 Å². The largest absolute Gasteiger partial charge is 0.493 e. The second-order valence-corrected chi connectivity index (χ2v) is 6.01. The summed E-state index contributed by atoms with van der Waals surface area (Å²) < 4.78 is 10.5. The average Bonchev–Trinajstić information content (AvgIpc) is 2.60. The maximum Gasteiger partial charge on any atom is 0.304 e. The highest BCUT2D eigenvalue weighted by Gasteiger charge is 2.21. The first-order valence-corrected chi connectivity index (χ1v) is 8.04. The molecule has 0 saturated heterocycles. The number of nitriles is 1. The van der Waals surface area contributed by atoms with Crippen molar-refractivity contribution in [1.82, 2.24) is 4.98 Å². The number of nitrogens with two attached hydrogens (primary N) is 1. The van der Waals surface area contributed by atoms with E-state index in [1.165, 1.54) is 14.2 Å². The summed E-state index contributed by atoms with van der Waals surface area (Å²) in [5, 5.41) is 18.8. The molecule has 1 unspecified atom stereocenters. The van der Waals surface area contributed by atoms with Gasteiger partial charge in [-0.15, -0.1) is 0 Å². The van der Waals surface area contributed by atoms with E-state index in [9.17, 15) is 10.1 Å². The van der Waals surface area contributed by atoms with Crippen molar-refractivity contribution in [1.29, 1.82) is 5.26 Å². The van der Waals surface area contributed by atoms with E-state index in [0.29, 0.717) is 28.3 Å². The van der Waals surface area contributed by atoms with Crippen molar-refractivity contribution in [3.63, 3.8) is 0 Å². The number of methoxy groups -OCH3 is 2. The lowest BCUT2D eigenvalue weighted by Crippen LogP contribution is -2.08. The summed E-state index contributed by atoms with van der Waals surface area (Å²) in [6.07, 6.45) is -0.114. The molecule has 1 heterocycles. The lowest BCUT2D eigenvalue weighted by molar-refractivity contribution is -0.137. The lowest BCUT2D eigenvalue weighted by Gasteiger charge is -2.16. The Balaban J connectivity index is 2.71. The minimum absolute atomic E-state index is 0.0168. The third-order valence-electron chi connectivity index (χ3n) is 3.94.